The van der Waals surface area contributed by atoms with Crippen molar-refractivity contribution in [3.8, 4) is 0 Å². The molecular formula is C29H34N6O5. The number of rotatable bonds is 9. The number of carbonyl (C=O) groups is 3. The average molecular weight is 547 g/mol. The summed E-state index contributed by atoms with van der Waals surface area (Å²) in [6.07, 6.45) is 1.39. The van der Waals surface area contributed by atoms with Crippen LogP contribution in [0.15, 0.2) is 47.3 Å². The highest BCUT2D eigenvalue weighted by Gasteiger charge is 2.41. The Hall–Kier alpha value is -4.54. The maximum atomic E-state index is 13.9. The molecule has 1 unspecified atom stereocenters. The molecule has 0 spiro atoms. The van der Waals surface area contributed by atoms with Crippen molar-refractivity contribution in [2.24, 2.45) is 12.8 Å². The number of benzene rings is 2. The van der Waals surface area contributed by atoms with Crippen molar-refractivity contribution < 1.29 is 19.5 Å². The number of aromatic nitrogens is 2. The van der Waals surface area contributed by atoms with Gasteiger partial charge in [-0.25, -0.2) is 4.98 Å². The number of amidine groups is 1. The zero-order chi connectivity index (χ0) is 29.2. The first kappa shape index (κ1) is 28.5. The number of fused-ring (bicyclic) bond motifs is 1. The maximum absolute atomic E-state index is 13.9. The minimum atomic E-state index is -1.23. The molecular weight excluding hydrogens is 512 g/mol. The standard InChI is InChI=1S/C29H34N6O5/c1-29(28(40)35-12-4-5-13-35,17-33(2)24(36)16-25(37)38)20-10-11-23-21(15-20)32-22(27(39)34(23)3)14-18-6-8-19(9-7-18)26(30)31/h6-11,15H,4-5,12-14,16-17H2,1-3H3,(H3,30,31)(H,37,38). The average Bonchev–Trinajstić information content (AvgIpc) is 3.45. The second-order valence-electron chi connectivity index (χ2n) is 10.6. The number of likely N-dealkylation sites (tertiary alicyclic amines) is 1. The SMILES string of the molecule is CN(CC(C)(C(=O)N1CCCC1)c1ccc2c(c1)nc(Cc1ccc(C(=N)N)cc1)c(=O)n2C)C(=O)CC(=O)O. The molecule has 1 fully saturated rings. The van der Waals surface area contributed by atoms with Crippen LogP contribution in [-0.4, -0.2) is 74.8 Å². The van der Waals surface area contributed by atoms with Crippen molar-refractivity contribution >= 4 is 34.7 Å². The van der Waals surface area contributed by atoms with E-state index in [1.165, 1.54) is 16.5 Å². The lowest BCUT2D eigenvalue weighted by Gasteiger charge is -2.36. The van der Waals surface area contributed by atoms with Crippen molar-refractivity contribution in [2.45, 2.75) is 38.0 Å². The number of likely N-dealkylation sites (N-methyl/N-ethyl adjacent to an activating group) is 1. The van der Waals surface area contributed by atoms with E-state index in [9.17, 15) is 19.2 Å². The van der Waals surface area contributed by atoms with E-state index >= 15 is 0 Å². The Morgan fingerprint density at radius 3 is 2.38 bits per heavy atom. The number of hydrogen-bond donors (Lipinski definition) is 3. The number of nitrogens with two attached hydrogens (primary N) is 1. The smallest absolute Gasteiger partial charge is 0.312 e. The number of amides is 2. The van der Waals surface area contributed by atoms with Gasteiger partial charge in [-0.15, -0.1) is 0 Å². The predicted octanol–water partition coefficient (Wildman–Crippen LogP) is 1.62. The Morgan fingerprint density at radius 1 is 1.12 bits per heavy atom. The van der Waals surface area contributed by atoms with Gasteiger partial charge in [-0.3, -0.25) is 24.6 Å². The van der Waals surface area contributed by atoms with Gasteiger partial charge in [0, 0.05) is 45.7 Å². The minimum Gasteiger partial charge on any atom is -0.481 e. The van der Waals surface area contributed by atoms with Gasteiger partial charge in [0.1, 0.15) is 18.0 Å². The molecule has 1 aliphatic heterocycles. The third kappa shape index (κ3) is 5.73. The number of hydrogen-bond acceptors (Lipinski definition) is 6. The number of carboxylic acids is 1. The lowest BCUT2D eigenvalue weighted by Crippen LogP contribution is -2.51. The third-order valence-electron chi connectivity index (χ3n) is 7.56. The van der Waals surface area contributed by atoms with E-state index in [0.717, 1.165) is 18.4 Å². The van der Waals surface area contributed by atoms with Gasteiger partial charge in [0.2, 0.25) is 11.8 Å². The Balaban J connectivity index is 1.76. The van der Waals surface area contributed by atoms with Crippen molar-refractivity contribution in [3.63, 3.8) is 0 Å². The van der Waals surface area contributed by atoms with Crippen LogP contribution in [0.25, 0.3) is 11.0 Å². The zero-order valence-corrected chi connectivity index (χ0v) is 22.9. The molecule has 210 valence electrons. The molecule has 11 heteroatoms. The molecule has 4 rings (SSSR count). The van der Waals surface area contributed by atoms with Gasteiger partial charge in [-0.2, -0.15) is 0 Å². The van der Waals surface area contributed by atoms with Crippen LogP contribution in [0.1, 0.15) is 48.6 Å². The quantitative estimate of drug-likeness (QED) is 0.209. The number of nitrogen functional groups attached to an aromatic ring is 1. The maximum Gasteiger partial charge on any atom is 0.312 e. The van der Waals surface area contributed by atoms with Crippen LogP contribution in [0.2, 0.25) is 0 Å². The number of carbonyl (C=O) groups excluding carboxylic acids is 2. The Bertz CT molecular complexity index is 1540. The van der Waals surface area contributed by atoms with Crippen LogP contribution >= 0.6 is 0 Å². The van der Waals surface area contributed by atoms with Crippen LogP contribution in [0.5, 0.6) is 0 Å². The van der Waals surface area contributed by atoms with Crippen LogP contribution < -0.4 is 11.3 Å². The summed E-state index contributed by atoms with van der Waals surface area (Å²) < 4.78 is 1.52. The van der Waals surface area contributed by atoms with Crippen LogP contribution in [-0.2, 0) is 33.3 Å². The molecule has 0 bridgehead atoms. The highest BCUT2D eigenvalue weighted by Crippen LogP contribution is 2.31. The lowest BCUT2D eigenvalue weighted by atomic mass is 9.80. The molecule has 1 aliphatic rings. The van der Waals surface area contributed by atoms with Gasteiger partial charge in [0.05, 0.1) is 16.4 Å². The van der Waals surface area contributed by atoms with Crippen LogP contribution in [0.3, 0.4) is 0 Å². The van der Waals surface area contributed by atoms with Crippen molar-refractivity contribution in [1.29, 1.82) is 5.41 Å². The lowest BCUT2D eigenvalue weighted by molar-refractivity contribution is -0.144. The second kappa shape index (κ2) is 11.3. The molecule has 40 heavy (non-hydrogen) atoms. The first-order valence-electron chi connectivity index (χ1n) is 13.1. The third-order valence-corrected chi connectivity index (χ3v) is 7.56. The van der Waals surface area contributed by atoms with Crippen molar-refractivity contribution in [3.05, 3.63) is 75.2 Å². The highest BCUT2D eigenvalue weighted by molar-refractivity contribution is 5.95. The second-order valence-corrected chi connectivity index (χ2v) is 10.6. The highest BCUT2D eigenvalue weighted by atomic mass is 16.4. The van der Waals surface area contributed by atoms with Gasteiger partial charge < -0.3 is 25.2 Å². The molecule has 4 N–H and O–H groups in total. The fourth-order valence-electron chi connectivity index (χ4n) is 5.23. The van der Waals surface area contributed by atoms with E-state index in [4.69, 9.17) is 16.2 Å². The molecule has 3 aromatic rings. The summed E-state index contributed by atoms with van der Waals surface area (Å²) in [5.41, 5.74) is 7.61. The van der Waals surface area contributed by atoms with Gasteiger partial charge in [0.15, 0.2) is 0 Å². The van der Waals surface area contributed by atoms with E-state index in [0.29, 0.717) is 40.9 Å². The first-order chi connectivity index (χ1) is 18.9. The molecule has 0 radical (unpaired) electrons. The summed E-state index contributed by atoms with van der Waals surface area (Å²) in [5.74, 6) is -2.01. The van der Waals surface area contributed by atoms with Crippen LogP contribution in [0.4, 0.5) is 0 Å². The van der Waals surface area contributed by atoms with Gasteiger partial charge in [0.25, 0.3) is 5.56 Å². The summed E-state index contributed by atoms with van der Waals surface area (Å²) in [5, 5.41) is 16.7. The van der Waals surface area contributed by atoms with E-state index in [2.05, 4.69) is 4.98 Å². The molecule has 1 atom stereocenters. The summed E-state index contributed by atoms with van der Waals surface area (Å²) >= 11 is 0. The molecule has 2 heterocycles. The zero-order valence-electron chi connectivity index (χ0n) is 22.9. The number of carboxylic acid groups (broad SMARTS) is 1. The van der Waals surface area contributed by atoms with Gasteiger partial charge >= 0.3 is 5.97 Å². The first-order valence-corrected chi connectivity index (χ1v) is 13.1. The van der Waals surface area contributed by atoms with Crippen molar-refractivity contribution in [2.75, 3.05) is 26.7 Å². The fourth-order valence-corrected chi connectivity index (χ4v) is 5.23. The summed E-state index contributed by atoms with van der Waals surface area (Å²) in [6, 6.07) is 12.3. The molecule has 1 aromatic heterocycles. The number of aryl methyl sites for hydroxylation is 1. The number of nitrogens with one attached hydrogen (secondary N) is 1. The molecule has 0 aliphatic carbocycles. The fraction of sp³-hybridized carbons (Fsp3) is 0.379. The van der Waals surface area contributed by atoms with Gasteiger partial charge in [-0.05, 0) is 43.0 Å². The van der Waals surface area contributed by atoms with E-state index in [-0.39, 0.29) is 30.3 Å². The predicted molar refractivity (Wildman–Crippen MR) is 150 cm³/mol. The summed E-state index contributed by atoms with van der Waals surface area (Å²) in [6.45, 7) is 2.99. The Morgan fingerprint density at radius 2 is 1.77 bits per heavy atom. The summed E-state index contributed by atoms with van der Waals surface area (Å²) in [7, 11) is 3.17. The van der Waals surface area contributed by atoms with Crippen LogP contribution in [0, 0.1) is 5.41 Å². The molecule has 2 aromatic carbocycles. The molecule has 0 saturated carbocycles. The van der Waals surface area contributed by atoms with E-state index < -0.39 is 23.7 Å². The largest absolute Gasteiger partial charge is 0.481 e. The Kier molecular flexibility index (Phi) is 8.03. The Labute approximate surface area is 231 Å². The number of nitrogens with zero attached hydrogens (tertiary/aromatic N) is 4. The normalized spacial score (nSPS) is 14.6. The molecule has 1 saturated heterocycles. The molecule has 2 amide bonds. The summed E-state index contributed by atoms with van der Waals surface area (Å²) in [4.78, 5) is 58.4. The minimum absolute atomic E-state index is 0.0128. The van der Waals surface area contributed by atoms with Gasteiger partial charge in [-0.1, -0.05) is 30.3 Å². The molecule has 11 nitrogen and oxygen atoms in total. The van der Waals surface area contributed by atoms with Crippen molar-refractivity contribution in [1.82, 2.24) is 19.4 Å². The van der Waals surface area contributed by atoms with E-state index in [1.807, 2.05) is 0 Å². The topological polar surface area (TPSA) is 163 Å². The number of aliphatic carboxylic acids is 1. The monoisotopic (exact) mass is 546 g/mol. The van der Waals surface area contributed by atoms with E-state index in [1.54, 1.807) is 61.3 Å².